The van der Waals surface area contributed by atoms with Crippen LogP contribution in [0.15, 0.2) is 56.9 Å². The minimum Gasteiger partial charge on any atom is -0.377 e. The summed E-state index contributed by atoms with van der Waals surface area (Å²) in [4.78, 5) is 37.1. The fourth-order valence-corrected chi connectivity index (χ4v) is 3.08. The summed E-state index contributed by atoms with van der Waals surface area (Å²) in [5.41, 5.74) is -1.88. The van der Waals surface area contributed by atoms with Gasteiger partial charge in [0, 0.05) is 12.1 Å². The molecule has 128 valence electrons. The third-order valence-corrected chi connectivity index (χ3v) is 4.52. The van der Waals surface area contributed by atoms with Gasteiger partial charge in [-0.25, -0.2) is 4.79 Å². The molecule has 0 saturated carbocycles. The third kappa shape index (κ3) is 3.12. The standard InChI is InChI=1S/C14H9N3O7S/c18-13-10-2-1-3-11(12(10)15-14(19)16-13)24-25(22,23)9-6-4-8(5-7-9)17(20)21/h1-7H,(H2,15,16,18,19). The molecule has 2 N–H and O–H groups in total. The average Bonchev–Trinajstić information content (AvgIpc) is 2.55. The molecule has 0 amide bonds. The number of nitro groups is 1. The number of aromatic amines is 2. The highest BCUT2D eigenvalue weighted by atomic mass is 32.2. The molecule has 0 fully saturated rings. The number of hydrogen-bond donors (Lipinski definition) is 2. The number of aromatic nitrogens is 2. The summed E-state index contributed by atoms with van der Waals surface area (Å²) in [5, 5.41) is 10.7. The molecule has 3 rings (SSSR count). The van der Waals surface area contributed by atoms with Crippen LogP contribution in [0.1, 0.15) is 0 Å². The molecule has 11 heteroatoms. The molecule has 0 atom stereocenters. The van der Waals surface area contributed by atoms with Gasteiger partial charge in [-0.3, -0.25) is 19.9 Å². The Bertz CT molecular complexity index is 1190. The monoisotopic (exact) mass is 363 g/mol. The molecule has 0 spiro atoms. The Hall–Kier alpha value is -3.47. The predicted molar refractivity (Wildman–Crippen MR) is 86.1 cm³/mol. The fraction of sp³-hybridized carbons (Fsp3) is 0. The Balaban J connectivity index is 2.07. The van der Waals surface area contributed by atoms with Crippen molar-refractivity contribution in [1.82, 2.24) is 9.97 Å². The average molecular weight is 363 g/mol. The van der Waals surface area contributed by atoms with E-state index in [1.165, 1.54) is 18.2 Å². The van der Waals surface area contributed by atoms with Gasteiger partial charge < -0.3 is 9.17 Å². The van der Waals surface area contributed by atoms with Crippen LogP contribution in [-0.4, -0.2) is 23.3 Å². The van der Waals surface area contributed by atoms with Crippen molar-refractivity contribution >= 4 is 26.7 Å². The maximum Gasteiger partial charge on any atom is 0.339 e. The van der Waals surface area contributed by atoms with E-state index in [4.69, 9.17) is 4.18 Å². The van der Waals surface area contributed by atoms with Gasteiger partial charge in [-0.15, -0.1) is 0 Å². The summed E-state index contributed by atoms with van der Waals surface area (Å²) in [5.74, 6) is -0.251. The zero-order valence-electron chi connectivity index (χ0n) is 12.3. The lowest BCUT2D eigenvalue weighted by atomic mass is 10.2. The van der Waals surface area contributed by atoms with Gasteiger partial charge in [-0.05, 0) is 24.3 Å². The smallest absolute Gasteiger partial charge is 0.339 e. The number of rotatable bonds is 4. The molecule has 1 aromatic heterocycles. The van der Waals surface area contributed by atoms with Crippen molar-refractivity contribution in [1.29, 1.82) is 0 Å². The number of benzene rings is 2. The van der Waals surface area contributed by atoms with Crippen LogP contribution in [0.4, 0.5) is 5.69 Å². The summed E-state index contributed by atoms with van der Waals surface area (Å²) in [7, 11) is -4.33. The van der Waals surface area contributed by atoms with E-state index in [2.05, 4.69) is 4.98 Å². The summed E-state index contributed by atoms with van der Waals surface area (Å²) >= 11 is 0. The van der Waals surface area contributed by atoms with Gasteiger partial charge in [-0.2, -0.15) is 8.42 Å². The van der Waals surface area contributed by atoms with Crippen LogP contribution < -0.4 is 15.4 Å². The fourth-order valence-electron chi connectivity index (χ4n) is 2.13. The molecule has 0 saturated heterocycles. The van der Waals surface area contributed by atoms with Gasteiger partial charge in [0.15, 0.2) is 5.75 Å². The minimum absolute atomic E-state index is 0.0380. The highest BCUT2D eigenvalue weighted by Crippen LogP contribution is 2.25. The van der Waals surface area contributed by atoms with Crippen molar-refractivity contribution < 1.29 is 17.5 Å². The first-order valence-electron chi connectivity index (χ1n) is 6.72. The third-order valence-electron chi connectivity index (χ3n) is 3.27. The number of hydrogen-bond acceptors (Lipinski definition) is 7. The number of nitrogens with one attached hydrogen (secondary N) is 2. The van der Waals surface area contributed by atoms with Crippen LogP contribution in [0.25, 0.3) is 10.9 Å². The first kappa shape index (κ1) is 16.4. The van der Waals surface area contributed by atoms with Crippen molar-refractivity contribution in [3.05, 3.63) is 73.4 Å². The maximum absolute atomic E-state index is 12.3. The van der Waals surface area contributed by atoms with Gasteiger partial charge in [0.05, 0.1) is 15.8 Å². The van der Waals surface area contributed by atoms with Gasteiger partial charge >= 0.3 is 15.8 Å². The van der Waals surface area contributed by atoms with Crippen LogP contribution in [0, 0.1) is 10.1 Å². The van der Waals surface area contributed by atoms with Crippen LogP contribution >= 0.6 is 0 Å². The van der Waals surface area contributed by atoms with Crippen LogP contribution in [0.3, 0.4) is 0 Å². The summed E-state index contributed by atoms with van der Waals surface area (Å²) in [6, 6.07) is 8.12. The van der Waals surface area contributed by atoms with E-state index < -0.39 is 26.3 Å². The van der Waals surface area contributed by atoms with E-state index in [-0.39, 0.29) is 27.2 Å². The molecule has 0 bridgehead atoms. The van der Waals surface area contributed by atoms with E-state index in [9.17, 15) is 28.1 Å². The Morgan fingerprint density at radius 3 is 2.32 bits per heavy atom. The van der Waals surface area contributed by atoms with Gasteiger partial charge in [-0.1, -0.05) is 6.07 Å². The largest absolute Gasteiger partial charge is 0.377 e. The topological polar surface area (TPSA) is 152 Å². The Morgan fingerprint density at radius 1 is 1.00 bits per heavy atom. The number of H-pyrrole nitrogens is 2. The van der Waals surface area contributed by atoms with E-state index in [1.807, 2.05) is 4.98 Å². The molecule has 0 aliphatic heterocycles. The summed E-state index contributed by atoms with van der Waals surface area (Å²) in [6.07, 6.45) is 0. The normalized spacial score (nSPS) is 11.4. The molecule has 3 aromatic rings. The molecule has 0 unspecified atom stereocenters. The summed E-state index contributed by atoms with van der Waals surface area (Å²) in [6.45, 7) is 0. The zero-order chi connectivity index (χ0) is 18.2. The molecule has 2 aromatic carbocycles. The number of non-ortho nitro benzene ring substituents is 1. The van der Waals surface area contributed by atoms with E-state index in [1.54, 1.807) is 0 Å². The van der Waals surface area contributed by atoms with Crippen molar-refractivity contribution in [2.75, 3.05) is 0 Å². The Kier molecular flexibility index (Phi) is 3.85. The van der Waals surface area contributed by atoms with Crippen molar-refractivity contribution in [2.45, 2.75) is 4.90 Å². The second kappa shape index (κ2) is 5.87. The molecule has 1 heterocycles. The van der Waals surface area contributed by atoms with E-state index in [0.29, 0.717) is 0 Å². The molecule has 0 aliphatic rings. The van der Waals surface area contributed by atoms with Crippen LogP contribution in [0.2, 0.25) is 0 Å². The zero-order valence-corrected chi connectivity index (χ0v) is 13.1. The highest BCUT2D eigenvalue weighted by Gasteiger charge is 2.20. The maximum atomic E-state index is 12.3. The molecular weight excluding hydrogens is 354 g/mol. The number of nitrogens with zero attached hydrogens (tertiary/aromatic N) is 1. The van der Waals surface area contributed by atoms with Crippen molar-refractivity contribution in [2.24, 2.45) is 0 Å². The highest BCUT2D eigenvalue weighted by molar-refractivity contribution is 7.87. The molecule has 25 heavy (non-hydrogen) atoms. The number of fused-ring (bicyclic) bond motifs is 1. The number of nitro benzene ring substituents is 1. The van der Waals surface area contributed by atoms with Crippen molar-refractivity contribution in [3.63, 3.8) is 0 Å². The quantitative estimate of drug-likeness (QED) is 0.396. The lowest BCUT2D eigenvalue weighted by Gasteiger charge is -2.09. The number of para-hydroxylation sites is 1. The lowest BCUT2D eigenvalue weighted by Crippen LogP contribution is -2.22. The van der Waals surface area contributed by atoms with Gasteiger partial charge in [0.25, 0.3) is 11.2 Å². The van der Waals surface area contributed by atoms with E-state index >= 15 is 0 Å². The Labute approximate surface area is 139 Å². The Morgan fingerprint density at radius 2 is 1.68 bits per heavy atom. The minimum atomic E-state index is -4.33. The molecular formula is C14H9N3O7S. The second-order valence-corrected chi connectivity index (χ2v) is 6.42. The SMILES string of the molecule is O=c1[nH]c(=O)c2cccc(OS(=O)(=O)c3ccc([N+](=O)[O-])cc3)c2[nH]1. The first-order chi connectivity index (χ1) is 11.8. The predicted octanol–water partition coefficient (Wildman–Crippen LogP) is 0.892. The van der Waals surface area contributed by atoms with Gasteiger partial charge in [0.2, 0.25) is 0 Å². The van der Waals surface area contributed by atoms with Gasteiger partial charge in [0.1, 0.15) is 4.90 Å². The first-order valence-corrected chi connectivity index (χ1v) is 8.13. The van der Waals surface area contributed by atoms with E-state index in [0.717, 1.165) is 24.3 Å². The van der Waals surface area contributed by atoms with Crippen LogP contribution in [-0.2, 0) is 10.1 Å². The summed E-state index contributed by atoms with van der Waals surface area (Å²) < 4.78 is 29.6. The second-order valence-electron chi connectivity index (χ2n) is 4.88. The van der Waals surface area contributed by atoms with Crippen molar-refractivity contribution in [3.8, 4) is 5.75 Å². The molecule has 0 radical (unpaired) electrons. The lowest BCUT2D eigenvalue weighted by molar-refractivity contribution is -0.384. The molecule has 0 aliphatic carbocycles. The van der Waals surface area contributed by atoms with Crippen LogP contribution in [0.5, 0.6) is 5.75 Å². The molecule has 10 nitrogen and oxygen atoms in total.